The first-order valence-corrected chi connectivity index (χ1v) is 8.23. The summed E-state index contributed by atoms with van der Waals surface area (Å²) in [6, 6.07) is 15.8. The number of rotatable bonds is 5. The van der Waals surface area contributed by atoms with Crippen LogP contribution < -0.4 is 5.56 Å². The van der Waals surface area contributed by atoms with Crippen molar-refractivity contribution in [3.05, 3.63) is 106 Å². The zero-order chi connectivity index (χ0) is 19.4. The standard InChI is InChI=1S/C21H17F2NO3/c1-27-20(26)16-5-4-6-18(13-16)21(22,23)17-10-8-15(9-11-17)14-24-12-3-2-7-19(24)25/h2-13H,14H2,1H3. The van der Waals surface area contributed by atoms with Gasteiger partial charge in [0, 0.05) is 23.4 Å². The first kappa shape index (κ1) is 18.5. The topological polar surface area (TPSA) is 48.3 Å². The second-order valence-corrected chi connectivity index (χ2v) is 6.01. The number of carbonyl (C=O) groups excluding carboxylic acids is 1. The Hall–Kier alpha value is -3.28. The van der Waals surface area contributed by atoms with Gasteiger partial charge in [0.25, 0.3) is 11.5 Å². The summed E-state index contributed by atoms with van der Waals surface area (Å²) in [6.07, 6.45) is 1.64. The summed E-state index contributed by atoms with van der Waals surface area (Å²) in [6.45, 7) is 0.295. The molecule has 3 rings (SSSR count). The number of ether oxygens (including phenoxy) is 1. The molecule has 0 amide bonds. The van der Waals surface area contributed by atoms with E-state index in [1.807, 2.05) is 0 Å². The number of nitrogens with zero attached hydrogens (tertiary/aromatic N) is 1. The van der Waals surface area contributed by atoms with Gasteiger partial charge in [-0.05, 0) is 23.8 Å². The van der Waals surface area contributed by atoms with Crippen molar-refractivity contribution in [3.63, 3.8) is 0 Å². The van der Waals surface area contributed by atoms with E-state index in [0.717, 1.165) is 11.6 Å². The average molecular weight is 369 g/mol. The molecule has 0 fully saturated rings. The van der Waals surface area contributed by atoms with Crippen LogP contribution in [0.1, 0.15) is 27.0 Å². The summed E-state index contributed by atoms with van der Waals surface area (Å²) in [5.74, 6) is -3.94. The summed E-state index contributed by atoms with van der Waals surface area (Å²) in [4.78, 5) is 23.3. The van der Waals surface area contributed by atoms with E-state index in [1.165, 1.54) is 48.1 Å². The third kappa shape index (κ3) is 3.95. The minimum atomic E-state index is -3.27. The van der Waals surface area contributed by atoms with Crippen molar-refractivity contribution in [2.24, 2.45) is 0 Å². The van der Waals surface area contributed by atoms with E-state index >= 15 is 0 Å². The van der Waals surface area contributed by atoms with E-state index in [0.29, 0.717) is 6.54 Å². The van der Waals surface area contributed by atoms with Gasteiger partial charge in [-0.3, -0.25) is 4.79 Å². The van der Waals surface area contributed by atoms with Gasteiger partial charge >= 0.3 is 5.97 Å². The molecular formula is C21H17F2NO3. The molecule has 1 heterocycles. The summed E-state index contributed by atoms with van der Waals surface area (Å²) >= 11 is 0. The maximum atomic E-state index is 14.9. The van der Waals surface area contributed by atoms with E-state index in [-0.39, 0.29) is 22.2 Å². The van der Waals surface area contributed by atoms with E-state index in [2.05, 4.69) is 4.74 Å². The third-order valence-corrected chi connectivity index (χ3v) is 4.21. The molecule has 0 bridgehead atoms. The minimum Gasteiger partial charge on any atom is -0.465 e. The number of alkyl halides is 2. The Balaban J connectivity index is 1.86. The maximum absolute atomic E-state index is 14.9. The van der Waals surface area contributed by atoms with Gasteiger partial charge < -0.3 is 9.30 Å². The highest BCUT2D eigenvalue weighted by atomic mass is 19.3. The number of benzene rings is 2. The zero-order valence-corrected chi connectivity index (χ0v) is 14.6. The van der Waals surface area contributed by atoms with Crippen LogP contribution in [-0.4, -0.2) is 17.6 Å². The minimum absolute atomic E-state index is 0.0646. The largest absolute Gasteiger partial charge is 0.465 e. The Morgan fingerprint density at radius 3 is 2.41 bits per heavy atom. The second kappa shape index (κ2) is 7.53. The molecule has 0 atom stereocenters. The number of aromatic nitrogens is 1. The summed E-state index contributed by atoms with van der Waals surface area (Å²) in [5, 5.41) is 0. The Kier molecular flexibility index (Phi) is 5.16. The molecule has 6 heteroatoms. The molecule has 2 aromatic carbocycles. The van der Waals surface area contributed by atoms with E-state index in [4.69, 9.17) is 0 Å². The van der Waals surface area contributed by atoms with Gasteiger partial charge in [0.2, 0.25) is 0 Å². The highest BCUT2D eigenvalue weighted by Gasteiger charge is 2.34. The third-order valence-electron chi connectivity index (χ3n) is 4.21. The SMILES string of the molecule is COC(=O)c1cccc(C(F)(F)c2ccc(Cn3ccccc3=O)cc2)c1. The molecule has 0 unspecified atom stereocenters. The normalized spacial score (nSPS) is 11.2. The maximum Gasteiger partial charge on any atom is 0.337 e. The van der Waals surface area contributed by atoms with Gasteiger partial charge in [-0.1, -0.05) is 42.5 Å². The number of hydrogen-bond acceptors (Lipinski definition) is 3. The predicted octanol–water partition coefficient (Wildman–Crippen LogP) is 3.82. The van der Waals surface area contributed by atoms with Gasteiger partial charge in [0.1, 0.15) is 0 Å². The molecule has 4 nitrogen and oxygen atoms in total. The average Bonchev–Trinajstić information content (AvgIpc) is 2.69. The van der Waals surface area contributed by atoms with Crippen LogP contribution in [0.5, 0.6) is 0 Å². The fourth-order valence-corrected chi connectivity index (χ4v) is 2.73. The quantitative estimate of drug-likeness (QED) is 0.643. The van der Waals surface area contributed by atoms with Gasteiger partial charge in [0.15, 0.2) is 0 Å². The van der Waals surface area contributed by atoms with Crippen LogP contribution in [0.25, 0.3) is 0 Å². The van der Waals surface area contributed by atoms with Crippen LogP contribution in [0.3, 0.4) is 0 Å². The number of methoxy groups -OCH3 is 1. The van der Waals surface area contributed by atoms with E-state index in [9.17, 15) is 18.4 Å². The highest BCUT2D eigenvalue weighted by Crippen LogP contribution is 2.36. The Labute approximate surface area is 154 Å². The lowest BCUT2D eigenvalue weighted by Crippen LogP contribution is -2.19. The van der Waals surface area contributed by atoms with Gasteiger partial charge in [-0.25, -0.2) is 4.79 Å². The molecule has 0 N–H and O–H groups in total. The molecule has 0 saturated carbocycles. The van der Waals surface area contributed by atoms with Crippen LogP contribution in [0, 0.1) is 0 Å². The van der Waals surface area contributed by atoms with Crippen molar-refractivity contribution in [1.82, 2.24) is 4.57 Å². The van der Waals surface area contributed by atoms with Crippen LogP contribution in [0.15, 0.2) is 77.7 Å². The molecule has 0 radical (unpaired) electrons. The zero-order valence-electron chi connectivity index (χ0n) is 14.6. The van der Waals surface area contributed by atoms with Crippen molar-refractivity contribution in [1.29, 1.82) is 0 Å². The molecule has 0 aliphatic heterocycles. The van der Waals surface area contributed by atoms with Gasteiger partial charge in [-0.15, -0.1) is 0 Å². The molecule has 0 saturated heterocycles. The van der Waals surface area contributed by atoms with E-state index in [1.54, 1.807) is 30.5 Å². The second-order valence-electron chi connectivity index (χ2n) is 6.01. The van der Waals surface area contributed by atoms with Crippen LogP contribution in [0.2, 0.25) is 0 Å². The van der Waals surface area contributed by atoms with Crippen molar-refractivity contribution in [3.8, 4) is 0 Å². The molecular weight excluding hydrogens is 352 g/mol. The van der Waals surface area contributed by atoms with Crippen LogP contribution in [-0.2, 0) is 17.2 Å². The van der Waals surface area contributed by atoms with Crippen LogP contribution >= 0.6 is 0 Å². The Morgan fingerprint density at radius 1 is 1.00 bits per heavy atom. The highest BCUT2D eigenvalue weighted by molar-refractivity contribution is 5.89. The first-order valence-electron chi connectivity index (χ1n) is 8.23. The molecule has 0 aliphatic rings. The van der Waals surface area contributed by atoms with Crippen molar-refractivity contribution in [2.45, 2.75) is 12.5 Å². The Bertz CT molecular complexity index is 1010. The monoisotopic (exact) mass is 369 g/mol. The lowest BCUT2D eigenvalue weighted by atomic mass is 9.97. The molecule has 138 valence electrons. The predicted molar refractivity (Wildman–Crippen MR) is 97.0 cm³/mol. The number of hydrogen-bond donors (Lipinski definition) is 0. The van der Waals surface area contributed by atoms with Crippen molar-refractivity contribution in [2.75, 3.05) is 7.11 Å². The van der Waals surface area contributed by atoms with Gasteiger partial charge in [-0.2, -0.15) is 8.78 Å². The molecule has 1 aromatic heterocycles. The van der Waals surface area contributed by atoms with Crippen molar-refractivity contribution < 1.29 is 18.3 Å². The first-order chi connectivity index (χ1) is 12.9. The summed E-state index contributed by atoms with van der Waals surface area (Å²) < 4.78 is 35.8. The smallest absolute Gasteiger partial charge is 0.337 e. The number of esters is 1. The number of pyridine rings is 1. The fraction of sp³-hybridized carbons (Fsp3) is 0.143. The van der Waals surface area contributed by atoms with Gasteiger partial charge in [0.05, 0.1) is 19.2 Å². The number of carbonyl (C=O) groups is 1. The number of halogens is 2. The lowest BCUT2D eigenvalue weighted by molar-refractivity contribution is 0.0425. The molecule has 27 heavy (non-hydrogen) atoms. The summed E-state index contributed by atoms with van der Waals surface area (Å²) in [7, 11) is 1.20. The van der Waals surface area contributed by atoms with Crippen molar-refractivity contribution >= 4 is 5.97 Å². The summed E-state index contributed by atoms with van der Waals surface area (Å²) in [5.41, 5.74) is 0.138. The molecule has 3 aromatic rings. The lowest BCUT2D eigenvalue weighted by Gasteiger charge is -2.18. The molecule has 0 aliphatic carbocycles. The molecule has 0 spiro atoms. The fourth-order valence-electron chi connectivity index (χ4n) is 2.73. The Morgan fingerprint density at radius 2 is 1.74 bits per heavy atom. The van der Waals surface area contributed by atoms with E-state index < -0.39 is 11.9 Å². The van der Waals surface area contributed by atoms with Crippen LogP contribution in [0.4, 0.5) is 8.78 Å².